The van der Waals surface area contributed by atoms with Crippen LogP contribution >= 0.6 is 0 Å². The highest BCUT2D eigenvalue weighted by molar-refractivity contribution is 5.76. The maximum atomic E-state index is 12.4. The highest BCUT2D eigenvalue weighted by Crippen LogP contribution is 2.29. The third-order valence-electron chi connectivity index (χ3n) is 5.18. The van der Waals surface area contributed by atoms with Crippen LogP contribution in [0.1, 0.15) is 5.56 Å². The summed E-state index contributed by atoms with van der Waals surface area (Å²) in [6, 6.07) is 15.1. The van der Waals surface area contributed by atoms with Crippen molar-refractivity contribution in [3.05, 3.63) is 54.1 Å². The second kappa shape index (κ2) is 10.8. The van der Waals surface area contributed by atoms with E-state index in [0.717, 1.165) is 31.7 Å². The minimum atomic E-state index is -2.90. The fourth-order valence-electron chi connectivity index (χ4n) is 3.59. The summed E-state index contributed by atoms with van der Waals surface area (Å²) in [5, 5.41) is 2.94. The van der Waals surface area contributed by atoms with Crippen LogP contribution in [0.4, 0.5) is 14.5 Å². The predicted molar refractivity (Wildman–Crippen MR) is 111 cm³/mol. The molecule has 0 radical (unpaired) electrons. The molecular formula is C22H28F2N3O3+. The number of ether oxygens (including phenoxy) is 2. The van der Waals surface area contributed by atoms with E-state index in [0.29, 0.717) is 19.5 Å². The van der Waals surface area contributed by atoms with Gasteiger partial charge in [0.15, 0.2) is 18.0 Å². The molecule has 6 nitrogen and oxygen atoms in total. The van der Waals surface area contributed by atoms with Crippen LogP contribution in [0.25, 0.3) is 0 Å². The SMILES string of the molecule is COc1cc(CCNC(=O)C[NH+]2CCN(c3ccccc3)CC2)ccc1OC(F)F. The summed E-state index contributed by atoms with van der Waals surface area (Å²) in [6.07, 6.45) is 0.578. The molecule has 2 aromatic rings. The van der Waals surface area contributed by atoms with E-state index in [1.54, 1.807) is 12.1 Å². The molecule has 0 spiro atoms. The quantitative estimate of drug-likeness (QED) is 0.643. The lowest BCUT2D eigenvalue weighted by atomic mass is 10.1. The van der Waals surface area contributed by atoms with Gasteiger partial charge in [0.1, 0.15) is 0 Å². The summed E-state index contributed by atoms with van der Waals surface area (Å²) < 4.78 is 34.3. The maximum absolute atomic E-state index is 12.4. The number of para-hydroxylation sites is 1. The van der Waals surface area contributed by atoms with Crippen LogP contribution in [-0.4, -0.2) is 58.9 Å². The smallest absolute Gasteiger partial charge is 0.387 e. The Bertz CT molecular complexity index is 813. The molecule has 1 saturated heterocycles. The lowest BCUT2D eigenvalue weighted by molar-refractivity contribution is -0.892. The van der Waals surface area contributed by atoms with Gasteiger partial charge in [-0.05, 0) is 36.2 Å². The normalized spacial score (nSPS) is 14.6. The molecule has 0 aliphatic carbocycles. The number of carbonyl (C=O) groups is 1. The van der Waals surface area contributed by atoms with Gasteiger partial charge >= 0.3 is 6.61 Å². The molecule has 1 aliphatic rings. The van der Waals surface area contributed by atoms with E-state index in [4.69, 9.17) is 4.74 Å². The molecule has 0 atom stereocenters. The zero-order chi connectivity index (χ0) is 21.3. The maximum Gasteiger partial charge on any atom is 0.387 e. The topological polar surface area (TPSA) is 55.2 Å². The Labute approximate surface area is 175 Å². The van der Waals surface area contributed by atoms with E-state index in [1.807, 2.05) is 18.2 Å². The summed E-state index contributed by atoms with van der Waals surface area (Å²) in [4.78, 5) is 15.9. The number of alkyl halides is 2. The summed E-state index contributed by atoms with van der Waals surface area (Å²) in [6.45, 7) is 1.73. The average Bonchev–Trinajstić information content (AvgIpc) is 2.75. The standard InChI is InChI=1S/C22H27F2N3O3/c1-29-20-15-17(7-8-19(20)30-22(23)24)9-10-25-21(28)16-26-11-13-27(14-12-26)18-5-3-2-4-6-18/h2-8,15,22H,9-14,16H2,1H3,(H,25,28)/p+1. The number of carbonyl (C=O) groups excluding carboxylic acids is 1. The van der Waals surface area contributed by atoms with Crippen molar-refractivity contribution in [3.8, 4) is 11.5 Å². The Hall–Kier alpha value is -2.87. The number of quaternary nitrogens is 1. The molecule has 2 aromatic carbocycles. The third-order valence-corrected chi connectivity index (χ3v) is 5.18. The number of hydrogen-bond acceptors (Lipinski definition) is 4. The van der Waals surface area contributed by atoms with E-state index in [1.165, 1.54) is 23.8 Å². The van der Waals surface area contributed by atoms with Gasteiger partial charge in [0.25, 0.3) is 5.91 Å². The molecule has 1 amide bonds. The molecule has 1 fully saturated rings. The van der Waals surface area contributed by atoms with Crippen molar-refractivity contribution in [3.63, 3.8) is 0 Å². The molecule has 1 heterocycles. The average molecular weight is 420 g/mol. The van der Waals surface area contributed by atoms with Crippen molar-refractivity contribution in [2.75, 3.05) is 51.3 Å². The van der Waals surface area contributed by atoms with Gasteiger partial charge in [-0.3, -0.25) is 4.79 Å². The Morgan fingerprint density at radius 3 is 2.53 bits per heavy atom. The monoisotopic (exact) mass is 420 g/mol. The minimum absolute atomic E-state index is 0.00136. The van der Waals surface area contributed by atoms with Crippen molar-refractivity contribution >= 4 is 11.6 Å². The van der Waals surface area contributed by atoms with Gasteiger partial charge < -0.3 is 24.6 Å². The molecule has 1 aliphatic heterocycles. The van der Waals surface area contributed by atoms with Crippen molar-refractivity contribution in [1.29, 1.82) is 0 Å². The van der Waals surface area contributed by atoms with Crippen molar-refractivity contribution < 1.29 is 27.9 Å². The van der Waals surface area contributed by atoms with E-state index < -0.39 is 6.61 Å². The first-order valence-electron chi connectivity index (χ1n) is 10.1. The van der Waals surface area contributed by atoms with Crippen LogP contribution in [0.15, 0.2) is 48.5 Å². The number of piperazine rings is 1. The lowest BCUT2D eigenvalue weighted by Crippen LogP contribution is -3.16. The van der Waals surface area contributed by atoms with Crippen LogP contribution in [0, 0.1) is 0 Å². The number of nitrogens with zero attached hydrogens (tertiary/aromatic N) is 1. The number of anilines is 1. The van der Waals surface area contributed by atoms with Crippen molar-refractivity contribution in [1.82, 2.24) is 5.32 Å². The van der Waals surface area contributed by atoms with Gasteiger partial charge in [0.2, 0.25) is 0 Å². The van der Waals surface area contributed by atoms with Crippen LogP contribution < -0.4 is 24.6 Å². The number of hydrogen-bond donors (Lipinski definition) is 2. The number of nitrogens with one attached hydrogen (secondary N) is 2. The summed E-state index contributed by atoms with van der Waals surface area (Å²) in [5.74, 6) is 0.265. The van der Waals surface area contributed by atoms with Gasteiger partial charge in [-0.15, -0.1) is 0 Å². The van der Waals surface area contributed by atoms with Crippen LogP contribution in [-0.2, 0) is 11.2 Å². The fourth-order valence-corrected chi connectivity index (χ4v) is 3.59. The second-order valence-corrected chi connectivity index (χ2v) is 7.21. The zero-order valence-electron chi connectivity index (χ0n) is 17.1. The van der Waals surface area contributed by atoms with Gasteiger partial charge in [0, 0.05) is 12.2 Å². The second-order valence-electron chi connectivity index (χ2n) is 7.21. The van der Waals surface area contributed by atoms with Crippen LogP contribution in [0.2, 0.25) is 0 Å². The van der Waals surface area contributed by atoms with E-state index in [2.05, 4.69) is 27.1 Å². The van der Waals surface area contributed by atoms with Gasteiger partial charge in [-0.25, -0.2) is 0 Å². The van der Waals surface area contributed by atoms with Gasteiger partial charge in [-0.2, -0.15) is 8.78 Å². The van der Waals surface area contributed by atoms with E-state index in [9.17, 15) is 13.6 Å². The lowest BCUT2D eigenvalue weighted by Gasteiger charge is -2.33. The molecule has 8 heteroatoms. The zero-order valence-corrected chi connectivity index (χ0v) is 17.1. The highest BCUT2D eigenvalue weighted by Gasteiger charge is 2.22. The first-order valence-corrected chi connectivity index (χ1v) is 10.1. The Balaban J connectivity index is 1.39. The van der Waals surface area contributed by atoms with Crippen LogP contribution in [0.5, 0.6) is 11.5 Å². The van der Waals surface area contributed by atoms with Crippen molar-refractivity contribution in [2.45, 2.75) is 13.0 Å². The predicted octanol–water partition coefficient (Wildman–Crippen LogP) is 1.36. The summed E-state index contributed by atoms with van der Waals surface area (Å²) >= 11 is 0. The number of methoxy groups -OCH3 is 1. The van der Waals surface area contributed by atoms with Crippen molar-refractivity contribution in [2.24, 2.45) is 0 Å². The van der Waals surface area contributed by atoms with Gasteiger partial charge in [0.05, 0.1) is 33.3 Å². The Morgan fingerprint density at radius 1 is 1.13 bits per heavy atom. The molecule has 0 unspecified atom stereocenters. The number of benzene rings is 2. The Morgan fingerprint density at radius 2 is 1.87 bits per heavy atom. The third kappa shape index (κ3) is 6.32. The minimum Gasteiger partial charge on any atom is -0.493 e. The molecule has 162 valence electrons. The first-order chi connectivity index (χ1) is 14.5. The summed E-state index contributed by atoms with van der Waals surface area (Å²) in [5.41, 5.74) is 2.10. The molecule has 30 heavy (non-hydrogen) atoms. The molecule has 0 saturated carbocycles. The van der Waals surface area contributed by atoms with E-state index in [-0.39, 0.29) is 17.4 Å². The first kappa shape index (κ1) is 21.8. The highest BCUT2D eigenvalue weighted by atomic mass is 19.3. The summed E-state index contributed by atoms with van der Waals surface area (Å²) in [7, 11) is 1.40. The number of halogens is 2. The molecule has 3 rings (SSSR count). The number of rotatable bonds is 9. The fraction of sp³-hybridized carbons (Fsp3) is 0.409. The molecule has 0 bridgehead atoms. The van der Waals surface area contributed by atoms with Gasteiger partial charge in [-0.1, -0.05) is 24.3 Å². The molecular weight excluding hydrogens is 392 g/mol. The van der Waals surface area contributed by atoms with Crippen LogP contribution in [0.3, 0.4) is 0 Å². The molecule has 0 aromatic heterocycles. The largest absolute Gasteiger partial charge is 0.493 e. The number of amides is 1. The van der Waals surface area contributed by atoms with E-state index >= 15 is 0 Å². The molecule has 2 N–H and O–H groups in total. The Kier molecular flexibility index (Phi) is 7.84.